The normalized spacial score (nSPS) is 13.2. The lowest BCUT2D eigenvalue weighted by molar-refractivity contribution is 0.297. The second-order valence-corrected chi connectivity index (χ2v) is 8.96. The molecule has 0 amide bonds. The molecule has 1 unspecified atom stereocenters. The lowest BCUT2D eigenvalue weighted by Gasteiger charge is -2.31. The Bertz CT molecular complexity index is 987. The fraction of sp³-hybridized carbons (Fsp3) is 0.286. The van der Waals surface area contributed by atoms with Gasteiger partial charge in [0.25, 0.3) is 10.0 Å². The molecule has 0 saturated carbocycles. The van der Waals surface area contributed by atoms with Crippen LogP contribution in [0.2, 0.25) is 0 Å². The van der Waals surface area contributed by atoms with Gasteiger partial charge in [0.2, 0.25) is 0 Å². The van der Waals surface area contributed by atoms with Crippen LogP contribution in [0.25, 0.3) is 5.69 Å². The molecule has 3 aromatic rings. The zero-order chi connectivity index (χ0) is 20.1. The number of hydrogen-bond donors (Lipinski definition) is 0. The highest BCUT2D eigenvalue weighted by Crippen LogP contribution is 2.38. The number of aromatic nitrogens is 2. The lowest BCUT2D eigenvalue weighted by atomic mass is 9.92. The summed E-state index contributed by atoms with van der Waals surface area (Å²) in [7, 11) is -3.87. The van der Waals surface area contributed by atoms with Crippen molar-refractivity contribution in [2.75, 3.05) is 0 Å². The van der Waals surface area contributed by atoms with Crippen LogP contribution in [0.5, 0.6) is 0 Å². The Kier molecular flexibility index (Phi) is 6.54. The van der Waals surface area contributed by atoms with Gasteiger partial charge < -0.3 is 0 Å². The molecule has 0 bridgehead atoms. The van der Waals surface area contributed by atoms with Crippen LogP contribution in [0.3, 0.4) is 0 Å². The summed E-state index contributed by atoms with van der Waals surface area (Å²) in [5, 5.41) is 4.43. The van der Waals surface area contributed by atoms with Crippen molar-refractivity contribution < 1.29 is 8.42 Å². The molecule has 0 saturated heterocycles. The molecule has 3 rings (SSSR count). The molecule has 2 aromatic carbocycles. The summed E-state index contributed by atoms with van der Waals surface area (Å²) in [5.74, 6) is 0.0372. The van der Waals surface area contributed by atoms with Gasteiger partial charge in [-0.1, -0.05) is 63.1 Å². The molecule has 0 aliphatic rings. The van der Waals surface area contributed by atoms with E-state index in [0.717, 1.165) is 28.0 Å². The first-order chi connectivity index (χ1) is 13.5. The smallest absolute Gasteiger partial charge is 0.236 e. The van der Waals surface area contributed by atoms with E-state index in [1.54, 1.807) is 41.2 Å². The van der Waals surface area contributed by atoms with Crippen LogP contribution in [-0.4, -0.2) is 22.0 Å². The first kappa shape index (κ1) is 20.6. The van der Waals surface area contributed by atoms with Gasteiger partial charge in [-0.3, -0.25) is 0 Å². The fourth-order valence-corrected chi connectivity index (χ4v) is 5.19. The van der Waals surface area contributed by atoms with Crippen molar-refractivity contribution in [1.82, 2.24) is 13.6 Å². The largest absolute Gasteiger partial charge is 0.257 e. The number of rotatable bonds is 8. The Morgan fingerprint density at radius 1 is 0.964 bits per heavy atom. The predicted octanol–water partition coefficient (Wildman–Crippen LogP) is 5.19. The molecule has 7 heteroatoms. The van der Waals surface area contributed by atoms with Gasteiger partial charge in [-0.25, -0.2) is 13.1 Å². The SMILES string of the molecule is CCC(CC)C(c1ccnn1-c1ccccc1)N(Cl)S(=O)(=O)c1ccccc1. The van der Waals surface area contributed by atoms with E-state index in [9.17, 15) is 8.42 Å². The van der Waals surface area contributed by atoms with Crippen LogP contribution >= 0.6 is 11.8 Å². The summed E-state index contributed by atoms with van der Waals surface area (Å²) in [6, 6.07) is 19.2. The Morgan fingerprint density at radius 3 is 2.11 bits per heavy atom. The fourth-order valence-electron chi connectivity index (χ4n) is 3.41. The van der Waals surface area contributed by atoms with Gasteiger partial charge in [0.1, 0.15) is 0 Å². The van der Waals surface area contributed by atoms with Crippen molar-refractivity contribution in [2.45, 2.75) is 37.6 Å². The molecule has 0 aliphatic carbocycles. The molecule has 0 aliphatic heterocycles. The summed E-state index contributed by atoms with van der Waals surface area (Å²) in [6.45, 7) is 4.09. The number of sulfonamides is 1. The Balaban J connectivity index is 2.11. The zero-order valence-electron chi connectivity index (χ0n) is 15.9. The van der Waals surface area contributed by atoms with E-state index >= 15 is 0 Å². The van der Waals surface area contributed by atoms with Crippen LogP contribution < -0.4 is 0 Å². The number of nitrogens with zero attached hydrogens (tertiary/aromatic N) is 3. The van der Waals surface area contributed by atoms with E-state index in [0.29, 0.717) is 0 Å². The summed E-state index contributed by atoms with van der Waals surface area (Å²) in [5.41, 5.74) is 1.61. The first-order valence-electron chi connectivity index (χ1n) is 9.35. The maximum Gasteiger partial charge on any atom is 0.257 e. The minimum Gasteiger partial charge on any atom is -0.236 e. The summed E-state index contributed by atoms with van der Waals surface area (Å²) in [4.78, 5) is 0.173. The maximum absolute atomic E-state index is 13.2. The van der Waals surface area contributed by atoms with Gasteiger partial charge in [-0.15, -0.1) is 3.82 Å². The van der Waals surface area contributed by atoms with Gasteiger partial charge in [0.15, 0.2) is 0 Å². The Morgan fingerprint density at radius 2 is 1.54 bits per heavy atom. The maximum atomic E-state index is 13.2. The summed E-state index contributed by atoms with van der Waals surface area (Å²) < 4.78 is 29.2. The van der Waals surface area contributed by atoms with E-state index < -0.39 is 16.1 Å². The molecule has 0 N–H and O–H groups in total. The number of halogens is 1. The molecule has 1 heterocycles. The number of hydrogen-bond acceptors (Lipinski definition) is 3. The van der Waals surface area contributed by atoms with Crippen molar-refractivity contribution >= 4 is 21.8 Å². The summed E-state index contributed by atoms with van der Waals surface area (Å²) in [6.07, 6.45) is 3.25. The van der Waals surface area contributed by atoms with Crippen LogP contribution in [-0.2, 0) is 10.0 Å². The quantitative estimate of drug-likeness (QED) is 0.473. The second-order valence-electron chi connectivity index (χ2n) is 6.58. The third-order valence-corrected chi connectivity index (χ3v) is 7.27. The molecule has 5 nitrogen and oxygen atoms in total. The second kappa shape index (κ2) is 8.90. The monoisotopic (exact) mass is 417 g/mol. The van der Waals surface area contributed by atoms with Gasteiger partial charge in [-0.2, -0.15) is 5.10 Å². The molecule has 0 spiro atoms. The van der Waals surface area contributed by atoms with Crippen molar-refractivity contribution in [3.63, 3.8) is 0 Å². The van der Waals surface area contributed by atoms with E-state index in [1.165, 1.54) is 0 Å². The minimum atomic E-state index is -3.87. The number of para-hydroxylation sites is 1. The standard InChI is InChI=1S/C21H24ClN3O2S/c1-3-17(4-2)21(25(22)28(26,27)19-13-9-6-10-14-19)20-15-16-23-24(20)18-11-7-5-8-12-18/h5-17,21H,3-4H2,1-2H3. The summed E-state index contributed by atoms with van der Waals surface area (Å²) >= 11 is 6.58. The molecule has 1 atom stereocenters. The molecule has 0 radical (unpaired) electrons. The molecule has 1 aromatic heterocycles. The van der Waals surface area contributed by atoms with Gasteiger partial charge in [0.05, 0.1) is 22.3 Å². The van der Waals surface area contributed by atoms with Crippen molar-refractivity contribution in [3.05, 3.63) is 78.6 Å². The Labute approximate surface area is 171 Å². The van der Waals surface area contributed by atoms with Crippen molar-refractivity contribution in [1.29, 1.82) is 0 Å². The Hall–Kier alpha value is -2.15. The highest BCUT2D eigenvalue weighted by molar-refractivity contribution is 7.90. The van der Waals surface area contributed by atoms with E-state index in [4.69, 9.17) is 11.8 Å². The van der Waals surface area contributed by atoms with Crippen LogP contribution in [0.4, 0.5) is 0 Å². The van der Waals surface area contributed by atoms with Crippen molar-refractivity contribution in [2.24, 2.45) is 5.92 Å². The van der Waals surface area contributed by atoms with Gasteiger partial charge in [-0.05, 0) is 48.0 Å². The van der Waals surface area contributed by atoms with Crippen LogP contribution in [0.1, 0.15) is 38.4 Å². The zero-order valence-corrected chi connectivity index (χ0v) is 17.5. The molecule has 0 fully saturated rings. The third-order valence-electron chi connectivity index (χ3n) is 4.96. The molecular weight excluding hydrogens is 394 g/mol. The minimum absolute atomic E-state index is 0.0372. The average Bonchev–Trinajstić information content (AvgIpc) is 3.22. The average molecular weight is 418 g/mol. The molecule has 28 heavy (non-hydrogen) atoms. The molecule has 148 valence electrons. The van der Waals surface area contributed by atoms with Crippen LogP contribution in [0.15, 0.2) is 77.8 Å². The van der Waals surface area contributed by atoms with Gasteiger partial charge >= 0.3 is 0 Å². The van der Waals surface area contributed by atoms with Crippen LogP contribution in [0, 0.1) is 5.92 Å². The topological polar surface area (TPSA) is 55.2 Å². The van der Waals surface area contributed by atoms with E-state index in [2.05, 4.69) is 5.10 Å². The van der Waals surface area contributed by atoms with E-state index in [1.807, 2.05) is 50.2 Å². The lowest BCUT2D eigenvalue weighted by Crippen LogP contribution is -2.33. The highest BCUT2D eigenvalue weighted by atomic mass is 35.5. The third kappa shape index (κ3) is 3.99. The highest BCUT2D eigenvalue weighted by Gasteiger charge is 2.37. The molecular formula is C21H24ClN3O2S. The first-order valence-corrected chi connectivity index (χ1v) is 11.1. The number of benzene rings is 2. The van der Waals surface area contributed by atoms with Gasteiger partial charge in [0, 0.05) is 6.20 Å². The predicted molar refractivity (Wildman–Crippen MR) is 112 cm³/mol. The van der Waals surface area contributed by atoms with E-state index in [-0.39, 0.29) is 10.8 Å². The van der Waals surface area contributed by atoms with Crippen molar-refractivity contribution in [3.8, 4) is 5.69 Å².